The number of hydrogen-bond donors (Lipinski definition) is 2. The molecule has 2 aromatic rings. The number of amides is 1. The molecule has 1 fully saturated rings. The van der Waals surface area contributed by atoms with Gasteiger partial charge >= 0.3 is 0 Å². The maximum Gasteiger partial charge on any atom is 0.234 e. The Kier molecular flexibility index (Phi) is 5.61. The van der Waals surface area contributed by atoms with Crippen LogP contribution in [0.4, 0.5) is 0 Å². The Morgan fingerprint density at radius 1 is 1.29 bits per heavy atom. The van der Waals surface area contributed by atoms with Gasteiger partial charge in [-0.3, -0.25) is 14.4 Å². The molecule has 0 radical (unpaired) electrons. The Labute approximate surface area is 142 Å². The summed E-state index contributed by atoms with van der Waals surface area (Å²) < 4.78 is 1.87. The van der Waals surface area contributed by atoms with Crippen LogP contribution < -0.4 is 5.32 Å². The lowest BCUT2D eigenvalue weighted by atomic mass is 10.1. The SMILES string of the molecule is O=C(CN1CCC[C@H](O)C1)NCc1ccccc1Cn1cccn1. The van der Waals surface area contributed by atoms with Gasteiger partial charge in [0.1, 0.15) is 0 Å². The molecular weight excluding hydrogens is 304 g/mol. The van der Waals surface area contributed by atoms with Crippen molar-refractivity contribution in [1.82, 2.24) is 20.0 Å². The average Bonchev–Trinajstić information content (AvgIpc) is 3.07. The van der Waals surface area contributed by atoms with Crippen molar-refractivity contribution in [2.45, 2.75) is 32.0 Å². The molecule has 6 nitrogen and oxygen atoms in total. The van der Waals surface area contributed by atoms with E-state index in [4.69, 9.17) is 0 Å². The number of aliphatic hydroxyl groups is 1. The minimum absolute atomic E-state index is 0.00186. The van der Waals surface area contributed by atoms with Gasteiger partial charge in [0.05, 0.1) is 19.2 Å². The summed E-state index contributed by atoms with van der Waals surface area (Å²) in [4.78, 5) is 14.2. The molecule has 1 aliphatic rings. The van der Waals surface area contributed by atoms with Crippen molar-refractivity contribution < 1.29 is 9.90 Å². The fraction of sp³-hybridized carbons (Fsp3) is 0.444. The topological polar surface area (TPSA) is 70.4 Å². The smallest absolute Gasteiger partial charge is 0.234 e. The highest BCUT2D eigenvalue weighted by Gasteiger charge is 2.19. The first-order valence-corrected chi connectivity index (χ1v) is 8.42. The van der Waals surface area contributed by atoms with E-state index < -0.39 is 0 Å². The molecule has 2 N–H and O–H groups in total. The number of likely N-dealkylation sites (tertiary alicyclic amines) is 1. The molecule has 0 aliphatic carbocycles. The number of nitrogens with one attached hydrogen (secondary N) is 1. The van der Waals surface area contributed by atoms with E-state index in [9.17, 15) is 9.90 Å². The highest BCUT2D eigenvalue weighted by molar-refractivity contribution is 5.78. The summed E-state index contributed by atoms with van der Waals surface area (Å²) in [6.07, 6.45) is 5.16. The van der Waals surface area contributed by atoms with Crippen LogP contribution in [0, 0.1) is 0 Å². The van der Waals surface area contributed by atoms with Crippen molar-refractivity contribution in [3.63, 3.8) is 0 Å². The normalized spacial score (nSPS) is 18.5. The fourth-order valence-electron chi connectivity index (χ4n) is 3.08. The lowest BCUT2D eigenvalue weighted by molar-refractivity contribution is -0.123. The standard InChI is InChI=1S/C18H24N4O2/c23-17-7-3-9-21(13-17)14-18(24)19-11-15-5-1-2-6-16(15)12-22-10-4-8-20-22/h1-2,4-6,8,10,17,23H,3,7,9,11-14H2,(H,19,24)/t17-/m0/s1. The molecule has 1 aromatic carbocycles. The van der Waals surface area contributed by atoms with E-state index in [0.717, 1.165) is 30.5 Å². The number of aliphatic hydroxyl groups excluding tert-OH is 1. The van der Waals surface area contributed by atoms with E-state index in [1.54, 1.807) is 6.20 Å². The lowest BCUT2D eigenvalue weighted by Gasteiger charge is -2.29. The summed E-state index contributed by atoms with van der Waals surface area (Å²) >= 11 is 0. The van der Waals surface area contributed by atoms with E-state index in [1.165, 1.54) is 0 Å². The second-order valence-corrected chi connectivity index (χ2v) is 6.28. The molecule has 0 unspecified atom stereocenters. The van der Waals surface area contributed by atoms with Gasteiger partial charge in [0, 0.05) is 25.5 Å². The van der Waals surface area contributed by atoms with Gasteiger partial charge in [0.2, 0.25) is 5.91 Å². The van der Waals surface area contributed by atoms with Crippen LogP contribution in [0.25, 0.3) is 0 Å². The third kappa shape index (κ3) is 4.66. The Morgan fingerprint density at radius 3 is 2.88 bits per heavy atom. The van der Waals surface area contributed by atoms with Crippen LogP contribution in [0.15, 0.2) is 42.7 Å². The van der Waals surface area contributed by atoms with Crippen LogP contribution >= 0.6 is 0 Å². The molecule has 0 bridgehead atoms. The van der Waals surface area contributed by atoms with E-state index in [1.807, 2.05) is 40.0 Å². The number of nitrogens with zero attached hydrogens (tertiary/aromatic N) is 3. The minimum atomic E-state index is -0.304. The summed E-state index contributed by atoms with van der Waals surface area (Å²) in [6.45, 7) is 3.01. The van der Waals surface area contributed by atoms with Crippen molar-refractivity contribution in [2.24, 2.45) is 0 Å². The number of piperidine rings is 1. The molecule has 1 atom stereocenters. The molecule has 24 heavy (non-hydrogen) atoms. The van der Waals surface area contributed by atoms with Gasteiger partial charge in [0.25, 0.3) is 0 Å². The molecule has 3 rings (SSSR count). The van der Waals surface area contributed by atoms with Crippen LogP contribution in [0.2, 0.25) is 0 Å². The number of rotatable bonds is 6. The number of β-amino-alcohol motifs (C(OH)–C–C–N with tert-alkyl or cyclic N) is 1. The predicted octanol–water partition coefficient (Wildman–Crippen LogP) is 1.00. The first kappa shape index (κ1) is 16.7. The zero-order valence-electron chi connectivity index (χ0n) is 13.8. The molecule has 1 saturated heterocycles. The molecular formula is C18H24N4O2. The molecule has 0 saturated carbocycles. The Morgan fingerprint density at radius 2 is 2.12 bits per heavy atom. The van der Waals surface area contributed by atoms with Crippen molar-refractivity contribution in [3.05, 3.63) is 53.9 Å². The number of benzene rings is 1. The molecule has 128 valence electrons. The van der Waals surface area contributed by atoms with Crippen LogP contribution in [0.3, 0.4) is 0 Å². The maximum atomic E-state index is 12.2. The van der Waals surface area contributed by atoms with Crippen LogP contribution in [-0.2, 0) is 17.9 Å². The second-order valence-electron chi connectivity index (χ2n) is 6.28. The second kappa shape index (κ2) is 8.08. The molecule has 0 spiro atoms. The van der Waals surface area contributed by atoms with Crippen LogP contribution in [0.5, 0.6) is 0 Å². The number of hydrogen-bond acceptors (Lipinski definition) is 4. The van der Waals surface area contributed by atoms with Crippen molar-refractivity contribution in [2.75, 3.05) is 19.6 Å². The van der Waals surface area contributed by atoms with Gasteiger partial charge in [-0.15, -0.1) is 0 Å². The van der Waals surface area contributed by atoms with Crippen LogP contribution in [-0.4, -0.2) is 51.4 Å². The van der Waals surface area contributed by atoms with Gasteiger partial charge in [-0.25, -0.2) is 0 Å². The largest absolute Gasteiger partial charge is 0.392 e. The Hall–Kier alpha value is -2.18. The molecule has 6 heteroatoms. The Balaban J connectivity index is 1.53. The molecule has 2 heterocycles. The van der Waals surface area contributed by atoms with Crippen molar-refractivity contribution >= 4 is 5.91 Å². The van der Waals surface area contributed by atoms with Gasteiger partial charge in [-0.05, 0) is 36.6 Å². The predicted molar refractivity (Wildman–Crippen MR) is 91.3 cm³/mol. The monoisotopic (exact) mass is 328 g/mol. The molecule has 1 amide bonds. The highest BCUT2D eigenvalue weighted by Crippen LogP contribution is 2.11. The van der Waals surface area contributed by atoms with E-state index in [-0.39, 0.29) is 12.0 Å². The number of carbonyl (C=O) groups excluding carboxylic acids is 1. The summed E-state index contributed by atoms with van der Waals surface area (Å²) in [5, 5.41) is 16.9. The first-order valence-electron chi connectivity index (χ1n) is 8.42. The number of aromatic nitrogens is 2. The summed E-state index contributed by atoms with van der Waals surface area (Å²) in [5.41, 5.74) is 2.25. The number of carbonyl (C=O) groups is 1. The van der Waals surface area contributed by atoms with Crippen molar-refractivity contribution in [1.29, 1.82) is 0 Å². The van der Waals surface area contributed by atoms with E-state index in [0.29, 0.717) is 26.2 Å². The summed E-state index contributed by atoms with van der Waals surface area (Å²) in [5.74, 6) is -0.00186. The van der Waals surface area contributed by atoms with Gasteiger partial charge in [0.15, 0.2) is 0 Å². The van der Waals surface area contributed by atoms with Crippen molar-refractivity contribution in [3.8, 4) is 0 Å². The third-order valence-electron chi connectivity index (χ3n) is 4.33. The zero-order valence-corrected chi connectivity index (χ0v) is 13.8. The van der Waals surface area contributed by atoms with E-state index >= 15 is 0 Å². The van der Waals surface area contributed by atoms with Crippen LogP contribution in [0.1, 0.15) is 24.0 Å². The fourth-order valence-corrected chi connectivity index (χ4v) is 3.08. The minimum Gasteiger partial charge on any atom is -0.392 e. The van der Waals surface area contributed by atoms with Gasteiger partial charge in [-0.1, -0.05) is 24.3 Å². The first-order chi connectivity index (χ1) is 11.7. The van der Waals surface area contributed by atoms with Gasteiger partial charge in [-0.2, -0.15) is 5.10 Å². The quantitative estimate of drug-likeness (QED) is 0.830. The summed E-state index contributed by atoms with van der Waals surface area (Å²) in [7, 11) is 0. The highest BCUT2D eigenvalue weighted by atomic mass is 16.3. The average molecular weight is 328 g/mol. The Bertz CT molecular complexity index is 657. The van der Waals surface area contributed by atoms with Gasteiger partial charge < -0.3 is 10.4 Å². The maximum absolute atomic E-state index is 12.2. The molecule has 1 aliphatic heterocycles. The lowest BCUT2D eigenvalue weighted by Crippen LogP contribution is -2.44. The summed E-state index contributed by atoms with van der Waals surface area (Å²) in [6, 6.07) is 9.97. The molecule has 1 aromatic heterocycles. The zero-order chi connectivity index (χ0) is 16.8. The third-order valence-corrected chi connectivity index (χ3v) is 4.33. The van der Waals surface area contributed by atoms with E-state index in [2.05, 4.69) is 16.5 Å².